The standard InChI is InChI=1S/C11H18N4O3S/c1-6(5-19(2,17)18)13-11(16)10-8(12)9(14-15-10)7-3-4-7/h6-7H,3-5,12H2,1-2H3,(H,13,16)(H,14,15). The molecule has 19 heavy (non-hydrogen) atoms. The summed E-state index contributed by atoms with van der Waals surface area (Å²) in [6, 6.07) is -0.483. The summed E-state index contributed by atoms with van der Waals surface area (Å²) >= 11 is 0. The first kappa shape index (κ1) is 13.9. The Kier molecular flexibility index (Phi) is 3.53. The topological polar surface area (TPSA) is 118 Å². The van der Waals surface area contributed by atoms with Gasteiger partial charge in [0.1, 0.15) is 9.84 Å². The van der Waals surface area contributed by atoms with Gasteiger partial charge in [-0.15, -0.1) is 0 Å². The van der Waals surface area contributed by atoms with E-state index in [1.165, 1.54) is 0 Å². The van der Waals surface area contributed by atoms with Gasteiger partial charge in [-0.3, -0.25) is 9.89 Å². The van der Waals surface area contributed by atoms with Gasteiger partial charge >= 0.3 is 0 Å². The van der Waals surface area contributed by atoms with Gasteiger partial charge in [-0.2, -0.15) is 5.10 Å². The van der Waals surface area contributed by atoms with Gasteiger partial charge in [-0.25, -0.2) is 8.42 Å². The SMILES string of the molecule is CC(CS(C)(=O)=O)NC(=O)c1n[nH]c(C2CC2)c1N. The Balaban J connectivity index is 2.03. The molecule has 1 amide bonds. The number of carbonyl (C=O) groups is 1. The number of rotatable bonds is 5. The van der Waals surface area contributed by atoms with Crippen molar-refractivity contribution in [3.63, 3.8) is 0 Å². The Morgan fingerprint density at radius 3 is 2.74 bits per heavy atom. The van der Waals surface area contributed by atoms with Crippen molar-refractivity contribution in [2.75, 3.05) is 17.7 Å². The van der Waals surface area contributed by atoms with Crippen molar-refractivity contribution in [3.8, 4) is 0 Å². The van der Waals surface area contributed by atoms with Gasteiger partial charge in [0.15, 0.2) is 5.69 Å². The number of hydrogen-bond acceptors (Lipinski definition) is 5. The molecule has 4 N–H and O–H groups in total. The van der Waals surface area contributed by atoms with Gasteiger partial charge in [-0.05, 0) is 19.8 Å². The number of aromatic nitrogens is 2. The van der Waals surface area contributed by atoms with Gasteiger partial charge in [0.2, 0.25) is 0 Å². The molecule has 1 saturated carbocycles. The summed E-state index contributed by atoms with van der Waals surface area (Å²) in [5, 5.41) is 9.28. The van der Waals surface area contributed by atoms with E-state index in [9.17, 15) is 13.2 Å². The molecule has 1 fully saturated rings. The minimum Gasteiger partial charge on any atom is -0.395 e. The quantitative estimate of drug-likeness (QED) is 0.706. The number of H-pyrrole nitrogens is 1. The average Bonchev–Trinajstić information content (AvgIpc) is 2.99. The first-order valence-electron chi connectivity index (χ1n) is 6.10. The summed E-state index contributed by atoms with van der Waals surface area (Å²) in [5.41, 5.74) is 7.19. The zero-order chi connectivity index (χ0) is 14.2. The molecule has 8 heteroatoms. The molecule has 1 aliphatic carbocycles. The fourth-order valence-electron chi connectivity index (χ4n) is 2.01. The highest BCUT2D eigenvalue weighted by Gasteiger charge is 2.30. The van der Waals surface area contributed by atoms with E-state index in [0.29, 0.717) is 11.6 Å². The molecule has 0 spiro atoms. The lowest BCUT2D eigenvalue weighted by Crippen LogP contribution is -2.37. The molecule has 0 radical (unpaired) electrons. The lowest BCUT2D eigenvalue weighted by Gasteiger charge is -2.11. The molecule has 1 aliphatic rings. The lowest BCUT2D eigenvalue weighted by molar-refractivity contribution is 0.0939. The molecule has 0 saturated heterocycles. The third-order valence-corrected chi connectivity index (χ3v) is 4.07. The smallest absolute Gasteiger partial charge is 0.274 e. The van der Waals surface area contributed by atoms with Gasteiger partial charge in [0.05, 0.1) is 17.1 Å². The maximum absolute atomic E-state index is 11.9. The zero-order valence-corrected chi connectivity index (χ0v) is 11.8. The van der Waals surface area contributed by atoms with E-state index in [4.69, 9.17) is 5.73 Å². The van der Waals surface area contributed by atoms with Crippen LogP contribution in [0.1, 0.15) is 41.9 Å². The third-order valence-electron chi connectivity index (χ3n) is 2.96. The number of nitrogens with two attached hydrogens (primary N) is 1. The molecule has 106 valence electrons. The van der Waals surface area contributed by atoms with Crippen molar-refractivity contribution in [1.29, 1.82) is 0 Å². The maximum atomic E-state index is 11.9. The van der Waals surface area contributed by atoms with Crippen molar-refractivity contribution in [1.82, 2.24) is 15.5 Å². The summed E-state index contributed by atoms with van der Waals surface area (Å²) in [4.78, 5) is 11.9. The van der Waals surface area contributed by atoms with Crippen LogP contribution in [-0.2, 0) is 9.84 Å². The average molecular weight is 286 g/mol. The molecule has 2 rings (SSSR count). The molecule has 0 aromatic carbocycles. The Morgan fingerprint density at radius 2 is 2.21 bits per heavy atom. The first-order chi connectivity index (χ1) is 8.78. The molecule has 0 aliphatic heterocycles. The summed E-state index contributed by atoms with van der Waals surface area (Å²) in [5.74, 6) is -0.183. The number of anilines is 1. The number of sulfone groups is 1. The van der Waals surface area contributed by atoms with Crippen LogP contribution in [0.3, 0.4) is 0 Å². The second-order valence-corrected chi connectivity index (χ2v) is 7.33. The summed E-state index contributed by atoms with van der Waals surface area (Å²) in [7, 11) is -3.13. The molecule has 1 aromatic rings. The first-order valence-corrected chi connectivity index (χ1v) is 8.16. The van der Waals surface area contributed by atoms with E-state index >= 15 is 0 Å². The Morgan fingerprint density at radius 1 is 1.58 bits per heavy atom. The van der Waals surface area contributed by atoms with E-state index < -0.39 is 21.8 Å². The van der Waals surface area contributed by atoms with Gasteiger partial charge < -0.3 is 11.1 Å². The van der Waals surface area contributed by atoms with Crippen molar-refractivity contribution < 1.29 is 13.2 Å². The monoisotopic (exact) mass is 286 g/mol. The minimum atomic E-state index is -3.13. The molecule has 1 atom stereocenters. The van der Waals surface area contributed by atoms with Crippen LogP contribution in [0.2, 0.25) is 0 Å². The minimum absolute atomic E-state index is 0.113. The van der Waals surface area contributed by atoms with E-state index in [2.05, 4.69) is 15.5 Å². The fourth-order valence-corrected chi connectivity index (χ4v) is 3.00. The number of nitrogens with one attached hydrogen (secondary N) is 2. The van der Waals surface area contributed by atoms with Gasteiger partial charge in [-0.1, -0.05) is 0 Å². The van der Waals surface area contributed by atoms with Gasteiger partial charge in [0.25, 0.3) is 5.91 Å². The van der Waals surface area contributed by atoms with Crippen LogP contribution in [0.15, 0.2) is 0 Å². The van der Waals surface area contributed by atoms with Crippen LogP contribution < -0.4 is 11.1 Å². The lowest BCUT2D eigenvalue weighted by atomic mass is 10.2. The van der Waals surface area contributed by atoms with E-state index in [-0.39, 0.29) is 11.4 Å². The molecular weight excluding hydrogens is 268 g/mol. The van der Waals surface area contributed by atoms with Crippen LogP contribution in [-0.4, -0.2) is 42.6 Å². The molecule has 1 aromatic heterocycles. The molecule has 0 bridgehead atoms. The number of carbonyl (C=O) groups excluding carboxylic acids is 1. The van der Waals surface area contributed by atoms with Crippen molar-refractivity contribution in [2.24, 2.45) is 0 Å². The molecule has 1 unspecified atom stereocenters. The molecular formula is C11H18N4O3S. The number of amides is 1. The number of aromatic amines is 1. The van der Waals surface area contributed by atoms with Crippen LogP contribution >= 0.6 is 0 Å². The van der Waals surface area contributed by atoms with Crippen LogP contribution in [0.5, 0.6) is 0 Å². The predicted molar refractivity (Wildman–Crippen MR) is 71.6 cm³/mol. The molecule has 1 heterocycles. The summed E-state index contributed by atoms with van der Waals surface area (Å²) in [6.45, 7) is 1.63. The van der Waals surface area contributed by atoms with Crippen molar-refractivity contribution in [3.05, 3.63) is 11.4 Å². The van der Waals surface area contributed by atoms with Gasteiger partial charge in [0, 0.05) is 18.2 Å². The summed E-state index contributed by atoms with van der Waals surface area (Å²) in [6.07, 6.45) is 3.24. The number of hydrogen-bond donors (Lipinski definition) is 3. The second-order valence-electron chi connectivity index (χ2n) is 5.14. The normalized spacial score (nSPS) is 17.2. The Bertz CT molecular complexity index is 589. The number of nitrogens with zero attached hydrogens (tertiary/aromatic N) is 1. The Hall–Kier alpha value is -1.57. The highest BCUT2D eigenvalue weighted by Crippen LogP contribution is 2.42. The fraction of sp³-hybridized carbons (Fsp3) is 0.636. The largest absolute Gasteiger partial charge is 0.395 e. The highest BCUT2D eigenvalue weighted by atomic mass is 32.2. The van der Waals surface area contributed by atoms with Crippen molar-refractivity contribution in [2.45, 2.75) is 31.7 Å². The van der Waals surface area contributed by atoms with E-state index in [1.54, 1.807) is 6.92 Å². The predicted octanol–water partition coefficient (Wildman–Crippen LogP) is 0.0322. The highest BCUT2D eigenvalue weighted by molar-refractivity contribution is 7.90. The van der Waals surface area contributed by atoms with E-state index in [0.717, 1.165) is 24.8 Å². The Labute approximate surface area is 111 Å². The van der Waals surface area contributed by atoms with Crippen LogP contribution in [0.25, 0.3) is 0 Å². The number of nitrogen functional groups attached to an aromatic ring is 1. The third kappa shape index (κ3) is 3.46. The zero-order valence-electron chi connectivity index (χ0n) is 10.9. The van der Waals surface area contributed by atoms with Crippen LogP contribution in [0, 0.1) is 0 Å². The summed E-state index contributed by atoms with van der Waals surface area (Å²) < 4.78 is 22.3. The van der Waals surface area contributed by atoms with Crippen molar-refractivity contribution >= 4 is 21.4 Å². The van der Waals surface area contributed by atoms with Crippen LogP contribution in [0.4, 0.5) is 5.69 Å². The molecule has 7 nitrogen and oxygen atoms in total. The second kappa shape index (κ2) is 4.84. The maximum Gasteiger partial charge on any atom is 0.274 e. The van der Waals surface area contributed by atoms with E-state index in [1.807, 2.05) is 0 Å².